The SMILES string of the molecule is CCOC(=O)C1=C(C)NC2=C(C(=O)c3ccccc32)[C@@H]1c1cc(I)c(OCC)c(OCC)c1. The summed E-state index contributed by atoms with van der Waals surface area (Å²) in [6.07, 6.45) is 0. The highest BCUT2D eigenvalue weighted by atomic mass is 127. The van der Waals surface area contributed by atoms with E-state index in [0.29, 0.717) is 47.1 Å². The molecule has 0 saturated heterocycles. The van der Waals surface area contributed by atoms with Gasteiger partial charge in [0.05, 0.1) is 34.7 Å². The average Bonchev–Trinajstić information content (AvgIpc) is 3.07. The number of rotatable bonds is 7. The summed E-state index contributed by atoms with van der Waals surface area (Å²) < 4.78 is 18.0. The zero-order chi connectivity index (χ0) is 23.7. The van der Waals surface area contributed by atoms with E-state index in [1.807, 2.05) is 57.2 Å². The highest BCUT2D eigenvalue weighted by Gasteiger charge is 2.43. The number of Topliss-reactive ketones (excluding diaryl/α,β-unsaturated/α-hetero) is 1. The van der Waals surface area contributed by atoms with Crippen molar-refractivity contribution in [2.75, 3.05) is 19.8 Å². The number of nitrogens with one attached hydrogen (secondary N) is 1. The summed E-state index contributed by atoms with van der Waals surface area (Å²) in [7, 11) is 0. The van der Waals surface area contributed by atoms with Crippen LogP contribution in [0.2, 0.25) is 0 Å². The molecule has 0 spiro atoms. The van der Waals surface area contributed by atoms with Crippen LogP contribution in [0.15, 0.2) is 53.2 Å². The minimum absolute atomic E-state index is 0.0887. The molecule has 0 radical (unpaired) electrons. The first-order valence-corrected chi connectivity index (χ1v) is 12.1. The molecule has 2 aromatic carbocycles. The maximum absolute atomic E-state index is 13.6. The molecule has 0 amide bonds. The normalized spacial score (nSPS) is 16.9. The number of benzene rings is 2. The highest BCUT2D eigenvalue weighted by Crippen LogP contribution is 2.48. The van der Waals surface area contributed by atoms with Crippen molar-refractivity contribution in [1.29, 1.82) is 0 Å². The van der Waals surface area contributed by atoms with Gasteiger partial charge in [-0.15, -0.1) is 0 Å². The van der Waals surface area contributed by atoms with Gasteiger partial charge in [0.15, 0.2) is 17.3 Å². The molecule has 0 bridgehead atoms. The molecule has 0 unspecified atom stereocenters. The molecule has 4 rings (SSSR count). The van der Waals surface area contributed by atoms with Crippen molar-refractivity contribution >= 4 is 40.0 Å². The summed E-state index contributed by atoms with van der Waals surface area (Å²) in [4.78, 5) is 26.7. The lowest BCUT2D eigenvalue weighted by atomic mass is 9.79. The lowest BCUT2D eigenvalue weighted by molar-refractivity contribution is -0.138. The molecule has 6 nitrogen and oxygen atoms in total. The molecule has 7 heteroatoms. The molecule has 0 fully saturated rings. The summed E-state index contributed by atoms with van der Waals surface area (Å²) in [5.41, 5.74) is 4.64. The highest BCUT2D eigenvalue weighted by molar-refractivity contribution is 14.1. The van der Waals surface area contributed by atoms with E-state index < -0.39 is 11.9 Å². The number of carbonyl (C=O) groups excluding carboxylic acids is 2. The van der Waals surface area contributed by atoms with Gasteiger partial charge in [0.2, 0.25) is 0 Å². The first-order chi connectivity index (χ1) is 15.9. The Kier molecular flexibility index (Phi) is 6.78. The van der Waals surface area contributed by atoms with Gasteiger partial charge in [-0.3, -0.25) is 4.79 Å². The first-order valence-electron chi connectivity index (χ1n) is 11.0. The summed E-state index contributed by atoms with van der Waals surface area (Å²) in [6, 6.07) is 11.3. The first kappa shape index (κ1) is 23.4. The average molecular weight is 559 g/mol. The third kappa shape index (κ3) is 4.03. The molecule has 0 aromatic heterocycles. The van der Waals surface area contributed by atoms with E-state index in [1.165, 1.54) is 0 Å². The Hall–Kier alpha value is -2.81. The molecule has 2 aliphatic rings. The largest absolute Gasteiger partial charge is 0.490 e. The number of dihydropyridines is 1. The van der Waals surface area contributed by atoms with Crippen LogP contribution < -0.4 is 14.8 Å². The molecule has 1 aliphatic heterocycles. The second-order valence-electron chi connectivity index (χ2n) is 7.68. The van der Waals surface area contributed by atoms with Crippen LogP contribution >= 0.6 is 22.6 Å². The fraction of sp³-hybridized carbons (Fsp3) is 0.308. The number of ketones is 1. The van der Waals surface area contributed by atoms with E-state index >= 15 is 0 Å². The van der Waals surface area contributed by atoms with Crippen molar-refractivity contribution in [2.24, 2.45) is 0 Å². The lowest BCUT2D eigenvalue weighted by Gasteiger charge is -2.30. The second kappa shape index (κ2) is 9.59. The van der Waals surface area contributed by atoms with Crippen LogP contribution in [0, 0.1) is 3.57 Å². The van der Waals surface area contributed by atoms with Gasteiger partial charge in [0.1, 0.15) is 0 Å². The predicted octanol–water partition coefficient (Wildman–Crippen LogP) is 5.22. The zero-order valence-electron chi connectivity index (χ0n) is 19.1. The quantitative estimate of drug-likeness (QED) is 0.371. The molecule has 33 heavy (non-hydrogen) atoms. The summed E-state index contributed by atoms with van der Waals surface area (Å²) >= 11 is 2.21. The number of hydrogen-bond donors (Lipinski definition) is 1. The Bertz CT molecular complexity index is 1200. The minimum Gasteiger partial charge on any atom is -0.490 e. The molecule has 1 heterocycles. The molecule has 1 atom stereocenters. The number of esters is 1. The number of carbonyl (C=O) groups is 2. The van der Waals surface area contributed by atoms with Crippen LogP contribution in [0.1, 0.15) is 55.1 Å². The lowest BCUT2D eigenvalue weighted by Crippen LogP contribution is -2.29. The van der Waals surface area contributed by atoms with Crippen LogP contribution in [0.5, 0.6) is 11.5 Å². The third-order valence-corrected chi connectivity index (χ3v) is 6.50. The Morgan fingerprint density at radius 3 is 2.39 bits per heavy atom. The number of allylic oxidation sites excluding steroid dienone is 2. The topological polar surface area (TPSA) is 73.9 Å². The van der Waals surface area contributed by atoms with Crippen molar-refractivity contribution < 1.29 is 23.8 Å². The summed E-state index contributed by atoms with van der Waals surface area (Å²) in [5, 5.41) is 3.32. The van der Waals surface area contributed by atoms with Gasteiger partial charge in [-0.2, -0.15) is 0 Å². The van der Waals surface area contributed by atoms with Crippen molar-refractivity contribution in [3.8, 4) is 11.5 Å². The Balaban J connectivity index is 1.95. The fourth-order valence-electron chi connectivity index (χ4n) is 4.44. The molecular formula is C26H26INO5. The van der Waals surface area contributed by atoms with Crippen molar-refractivity contribution in [1.82, 2.24) is 5.32 Å². The van der Waals surface area contributed by atoms with Gasteiger partial charge >= 0.3 is 5.97 Å². The van der Waals surface area contributed by atoms with Crippen molar-refractivity contribution in [3.63, 3.8) is 0 Å². The number of fused-ring (bicyclic) bond motifs is 2. The van der Waals surface area contributed by atoms with E-state index in [4.69, 9.17) is 14.2 Å². The Morgan fingerprint density at radius 1 is 1.03 bits per heavy atom. The van der Waals surface area contributed by atoms with Crippen molar-refractivity contribution in [2.45, 2.75) is 33.6 Å². The van der Waals surface area contributed by atoms with Gasteiger partial charge < -0.3 is 19.5 Å². The van der Waals surface area contributed by atoms with Gasteiger partial charge in [-0.25, -0.2) is 4.79 Å². The summed E-state index contributed by atoms with van der Waals surface area (Å²) in [5.74, 6) is 0.125. The van der Waals surface area contributed by atoms with E-state index in [-0.39, 0.29) is 12.4 Å². The van der Waals surface area contributed by atoms with Gasteiger partial charge in [0.25, 0.3) is 0 Å². The maximum Gasteiger partial charge on any atom is 0.336 e. The van der Waals surface area contributed by atoms with Crippen molar-refractivity contribution in [3.05, 3.63) is 73.5 Å². The summed E-state index contributed by atoms with van der Waals surface area (Å²) in [6.45, 7) is 8.65. The van der Waals surface area contributed by atoms with Crippen LogP contribution in [0.3, 0.4) is 0 Å². The van der Waals surface area contributed by atoms with Crippen LogP contribution in [0.25, 0.3) is 5.70 Å². The van der Waals surface area contributed by atoms with Gasteiger partial charge in [0, 0.05) is 28.3 Å². The van der Waals surface area contributed by atoms with Crippen LogP contribution in [-0.4, -0.2) is 31.6 Å². The Morgan fingerprint density at radius 2 is 1.73 bits per heavy atom. The van der Waals surface area contributed by atoms with E-state index in [0.717, 1.165) is 20.4 Å². The predicted molar refractivity (Wildman–Crippen MR) is 134 cm³/mol. The van der Waals surface area contributed by atoms with E-state index in [9.17, 15) is 9.59 Å². The third-order valence-electron chi connectivity index (χ3n) is 5.70. The molecular weight excluding hydrogens is 533 g/mol. The number of hydrogen-bond acceptors (Lipinski definition) is 6. The molecule has 1 N–H and O–H groups in total. The second-order valence-corrected chi connectivity index (χ2v) is 8.84. The Labute approximate surface area is 207 Å². The minimum atomic E-state index is -0.594. The van der Waals surface area contributed by atoms with Crippen LogP contribution in [0.4, 0.5) is 0 Å². The van der Waals surface area contributed by atoms with E-state index in [2.05, 4.69) is 27.9 Å². The monoisotopic (exact) mass is 559 g/mol. The molecule has 1 aliphatic carbocycles. The van der Waals surface area contributed by atoms with E-state index in [1.54, 1.807) is 6.92 Å². The zero-order valence-corrected chi connectivity index (χ0v) is 21.2. The number of halogens is 1. The fourth-order valence-corrected chi connectivity index (χ4v) is 5.22. The molecule has 0 saturated carbocycles. The van der Waals surface area contributed by atoms with Gasteiger partial charge in [-0.05, 0) is 68.0 Å². The molecule has 2 aromatic rings. The standard InChI is InChI=1S/C26H26INO5/c1-5-31-19-13-15(12-18(27)25(19)32-6-2)21-20(26(30)33-7-3)14(4)28-23-16-10-8-9-11-17(16)24(29)22(21)23/h8-13,21,28H,5-7H2,1-4H3/t21-/m1/s1. The van der Waals surface area contributed by atoms with Crippen LogP contribution in [-0.2, 0) is 9.53 Å². The molecule has 172 valence electrons. The number of ether oxygens (including phenoxy) is 3. The van der Waals surface area contributed by atoms with Gasteiger partial charge in [-0.1, -0.05) is 24.3 Å². The smallest absolute Gasteiger partial charge is 0.336 e. The maximum atomic E-state index is 13.6.